The van der Waals surface area contributed by atoms with Gasteiger partial charge in [-0.25, -0.2) is 9.97 Å². The molecule has 0 fully saturated rings. The van der Waals surface area contributed by atoms with Crippen molar-refractivity contribution < 1.29 is 0 Å². The lowest BCUT2D eigenvalue weighted by Crippen LogP contribution is -1.99. The number of rotatable bonds is 3. The van der Waals surface area contributed by atoms with Gasteiger partial charge >= 0.3 is 0 Å². The summed E-state index contributed by atoms with van der Waals surface area (Å²) in [6, 6.07) is 19.9. The lowest BCUT2D eigenvalue weighted by molar-refractivity contribution is 1.22. The zero-order valence-electron chi connectivity index (χ0n) is 13.8. The first-order valence-corrected chi connectivity index (χ1v) is 8.82. The molecule has 0 saturated carbocycles. The topological polar surface area (TPSA) is 89.8 Å². The Labute approximate surface area is 159 Å². The molecular weight excluding hydrogens is 390 g/mol. The van der Waals surface area contributed by atoms with E-state index in [2.05, 4.69) is 55.5 Å². The second-order valence-corrected chi connectivity index (χ2v) is 6.85. The molecule has 0 aliphatic heterocycles. The molecule has 0 unspecified atom stereocenters. The summed E-state index contributed by atoms with van der Waals surface area (Å²) in [7, 11) is 0. The Bertz CT molecular complexity index is 1110. The van der Waals surface area contributed by atoms with Gasteiger partial charge in [0.15, 0.2) is 0 Å². The number of nitrogens with zero attached hydrogens (tertiary/aromatic N) is 2. The van der Waals surface area contributed by atoms with Crippen LogP contribution in [-0.4, -0.2) is 9.97 Å². The SMILES string of the molecule is Nc1cc2ncnc(Nc3cccc(-c4cccc(Br)c4)c3)c2cc1N. The number of nitrogen functional groups attached to an aromatic ring is 2. The number of fused-ring (bicyclic) bond motifs is 1. The highest BCUT2D eigenvalue weighted by molar-refractivity contribution is 9.10. The molecule has 1 heterocycles. The number of nitrogens with one attached hydrogen (secondary N) is 1. The Kier molecular flexibility index (Phi) is 4.18. The van der Waals surface area contributed by atoms with Crippen LogP contribution in [0.5, 0.6) is 0 Å². The van der Waals surface area contributed by atoms with Gasteiger partial charge in [0.1, 0.15) is 12.1 Å². The van der Waals surface area contributed by atoms with E-state index < -0.39 is 0 Å². The minimum atomic E-state index is 0.512. The third-order valence-corrected chi connectivity index (χ3v) is 4.62. The largest absolute Gasteiger partial charge is 0.397 e. The van der Waals surface area contributed by atoms with Crippen molar-refractivity contribution in [2.75, 3.05) is 16.8 Å². The van der Waals surface area contributed by atoms with E-state index in [0.29, 0.717) is 17.2 Å². The molecule has 5 N–H and O–H groups in total. The van der Waals surface area contributed by atoms with Gasteiger partial charge in [0.2, 0.25) is 0 Å². The number of nitrogens with two attached hydrogens (primary N) is 2. The van der Waals surface area contributed by atoms with Crippen molar-refractivity contribution in [2.45, 2.75) is 0 Å². The highest BCUT2D eigenvalue weighted by atomic mass is 79.9. The van der Waals surface area contributed by atoms with Crippen molar-refractivity contribution in [1.82, 2.24) is 9.97 Å². The van der Waals surface area contributed by atoms with Crippen molar-refractivity contribution in [3.8, 4) is 11.1 Å². The second kappa shape index (κ2) is 6.65. The summed E-state index contributed by atoms with van der Waals surface area (Å²) in [5.74, 6) is 0.688. The van der Waals surface area contributed by atoms with E-state index in [-0.39, 0.29) is 0 Å². The number of aromatic nitrogens is 2. The van der Waals surface area contributed by atoms with Crippen LogP contribution >= 0.6 is 15.9 Å². The van der Waals surface area contributed by atoms with Gasteiger partial charge in [0.25, 0.3) is 0 Å². The maximum Gasteiger partial charge on any atom is 0.141 e. The fourth-order valence-electron chi connectivity index (χ4n) is 2.82. The van der Waals surface area contributed by atoms with E-state index in [1.807, 2.05) is 24.3 Å². The first-order chi connectivity index (χ1) is 12.6. The number of benzene rings is 3. The predicted molar refractivity (Wildman–Crippen MR) is 111 cm³/mol. The molecule has 5 nitrogen and oxygen atoms in total. The smallest absolute Gasteiger partial charge is 0.141 e. The Morgan fingerprint density at radius 3 is 2.35 bits per heavy atom. The molecular formula is C20H16BrN5. The molecule has 4 rings (SSSR count). The van der Waals surface area contributed by atoms with Gasteiger partial charge in [0.05, 0.1) is 16.9 Å². The normalized spacial score (nSPS) is 10.8. The summed E-state index contributed by atoms with van der Waals surface area (Å²) in [6.07, 6.45) is 1.51. The van der Waals surface area contributed by atoms with Crippen LogP contribution in [-0.2, 0) is 0 Å². The molecule has 0 radical (unpaired) electrons. The van der Waals surface area contributed by atoms with Crippen molar-refractivity contribution in [2.24, 2.45) is 0 Å². The molecule has 6 heteroatoms. The van der Waals surface area contributed by atoms with Gasteiger partial charge in [-0.1, -0.05) is 40.2 Å². The molecule has 0 aliphatic rings. The third kappa shape index (κ3) is 3.19. The van der Waals surface area contributed by atoms with Gasteiger partial charge < -0.3 is 16.8 Å². The molecule has 0 amide bonds. The second-order valence-electron chi connectivity index (χ2n) is 5.94. The highest BCUT2D eigenvalue weighted by Gasteiger charge is 2.08. The molecule has 1 aromatic heterocycles. The maximum atomic E-state index is 5.95. The van der Waals surface area contributed by atoms with Crippen LogP contribution in [0.15, 0.2) is 71.5 Å². The molecule has 128 valence electrons. The van der Waals surface area contributed by atoms with Crippen LogP contribution in [0.25, 0.3) is 22.0 Å². The van der Waals surface area contributed by atoms with Gasteiger partial charge in [-0.2, -0.15) is 0 Å². The van der Waals surface area contributed by atoms with Crippen LogP contribution < -0.4 is 16.8 Å². The standard InChI is InChI=1S/C20H16BrN5/c21-14-5-1-3-12(7-14)13-4-2-6-15(8-13)26-20-16-9-17(22)18(23)10-19(16)24-11-25-20/h1-11H,22-23H2,(H,24,25,26). The fourth-order valence-corrected chi connectivity index (χ4v) is 3.22. The molecule has 0 atom stereocenters. The molecule has 0 saturated heterocycles. The van der Waals surface area contributed by atoms with Crippen LogP contribution in [0.4, 0.5) is 22.9 Å². The zero-order chi connectivity index (χ0) is 18.1. The van der Waals surface area contributed by atoms with Gasteiger partial charge in [-0.15, -0.1) is 0 Å². The van der Waals surface area contributed by atoms with Gasteiger partial charge in [-0.3, -0.25) is 0 Å². The van der Waals surface area contributed by atoms with E-state index >= 15 is 0 Å². The quantitative estimate of drug-likeness (QED) is 0.418. The lowest BCUT2D eigenvalue weighted by atomic mass is 10.1. The number of hydrogen-bond donors (Lipinski definition) is 3. The van der Waals surface area contributed by atoms with Crippen molar-refractivity contribution >= 4 is 49.7 Å². The van der Waals surface area contributed by atoms with E-state index in [1.54, 1.807) is 12.1 Å². The van der Waals surface area contributed by atoms with E-state index in [0.717, 1.165) is 32.2 Å². The summed E-state index contributed by atoms with van der Waals surface area (Å²) in [5, 5.41) is 4.19. The van der Waals surface area contributed by atoms with E-state index in [4.69, 9.17) is 11.5 Å². The molecule has 4 aromatic rings. The predicted octanol–water partition coefficient (Wildman–Crippen LogP) is 4.97. The van der Waals surface area contributed by atoms with E-state index in [1.165, 1.54) is 6.33 Å². The van der Waals surface area contributed by atoms with Crippen LogP contribution in [0, 0.1) is 0 Å². The summed E-state index contributed by atoms with van der Waals surface area (Å²) < 4.78 is 1.04. The Balaban J connectivity index is 1.73. The lowest BCUT2D eigenvalue weighted by Gasteiger charge is -2.11. The molecule has 0 aliphatic carbocycles. The van der Waals surface area contributed by atoms with Crippen molar-refractivity contribution in [1.29, 1.82) is 0 Å². The summed E-state index contributed by atoms with van der Waals surface area (Å²) in [6.45, 7) is 0. The monoisotopic (exact) mass is 405 g/mol. The number of halogens is 1. The number of hydrogen-bond acceptors (Lipinski definition) is 5. The van der Waals surface area contributed by atoms with E-state index in [9.17, 15) is 0 Å². The van der Waals surface area contributed by atoms with Crippen LogP contribution in [0.1, 0.15) is 0 Å². The minimum absolute atomic E-state index is 0.512. The third-order valence-electron chi connectivity index (χ3n) is 4.12. The maximum absolute atomic E-state index is 5.95. The summed E-state index contributed by atoms with van der Waals surface area (Å²) >= 11 is 3.52. The highest BCUT2D eigenvalue weighted by Crippen LogP contribution is 2.30. The molecule has 0 spiro atoms. The fraction of sp³-hybridized carbons (Fsp3) is 0. The Hall–Kier alpha value is -3.12. The Morgan fingerprint density at radius 1 is 0.808 bits per heavy atom. The van der Waals surface area contributed by atoms with Gasteiger partial charge in [0, 0.05) is 15.5 Å². The first kappa shape index (κ1) is 16.4. The average Bonchev–Trinajstić information content (AvgIpc) is 2.64. The van der Waals surface area contributed by atoms with Crippen molar-refractivity contribution in [3.63, 3.8) is 0 Å². The summed E-state index contributed by atoms with van der Waals surface area (Å²) in [5.41, 5.74) is 16.8. The molecule has 0 bridgehead atoms. The molecule has 3 aromatic carbocycles. The van der Waals surface area contributed by atoms with Crippen molar-refractivity contribution in [3.05, 3.63) is 71.5 Å². The zero-order valence-corrected chi connectivity index (χ0v) is 15.4. The number of anilines is 4. The van der Waals surface area contributed by atoms with Crippen LogP contribution in [0.2, 0.25) is 0 Å². The minimum Gasteiger partial charge on any atom is -0.397 e. The molecule has 26 heavy (non-hydrogen) atoms. The Morgan fingerprint density at radius 2 is 1.54 bits per heavy atom. The first-order valence-electron chi connectivity index (χ1n) is 8.03. The van der Waals surface area contributed by atoms with Gasteiger partial charge in [-0.05, 0) is 47.5 Å². The average molecular weight is 406 g/mol. The summed E-state index contributed by atoms with van der Waals surface area (Å²) in [4.78, 5) is 8.63. The van der Waals surface area contributed by atoms with Crippen LogP contribution in [0.3, 0.4) is 0 Å².